The van der Waals surface area contributed by atoms with Crippen LogP contribution in [0, 0.1) is 11.7 Å². The summed E-state index contributed by atoms with van der Waals surface area (Å²) < 4.78 is 14.0. The van der Waals surface area contributed by atoms with Crippen molar-refractivity contribution in [3.63, 3.8) is 0 Å². The van der Waals surface area contributed by atoms with Crippen molar-refractivity contribution in [2.75, 3.05) is 24.5 Å². The molecule has 19 heavy (non-hydrogen) atoms. The molecule has 1 saturated heterocycles. The number of hydrogen-bond acceptors (Lipinski definition) is 3. The van der Waals surface area contributed by atoms with Crippen molar-refractivity contribution in [1.82, 2.24) is 0 Å². The minimum atomic E-state index is -0.605. The molecule has 104 valence electrons. The molecule has 5 heteroatoms. The van der Waals surface area contributed by atoms with Gasteiger partial charge in [-0.1, -0.05) is 0 Å². The van der Waals surface area contributed by atoms with E-state index >= 15 is 0 Å². The topological polar surface area (TPSA) is 72.3 Å². The van der Waals surface area contributed by atoms with Gasteiger partial charge in [0.05, 0.1) is 5.69 Å². The molecule has 2 rings (SSSR count). The Morgan fingerprint density at radius 1 is 1.37 bits per heavy atom. The first-order valence-electron chi connectivity index (χ1n) is 6.66. The number of primary amides is 1. The molecular formula is C14H20FN3O. The fraction of sp³-hybridized carbons (Fsp3) is 0.500. The number of halogens is 1. The molecular weight excluding hydrogens is 245 g/mol. The first-order valence-corrected chi connectivity index (χ1v) is 6.66. The van der Waals surface area contributed by atoms with Crippen molar-refractivity contribution in [2.45, 2.75) is 19.3 Å². The molecule has 4 nitrogen and oxygen atoms in total. The molecule has 0 spiro atoms. The lowest BCUT2D eigenvalue weighted by atomic mass is 9.93. The van der Waals surface area contributed by atoms with Gasteiger partial charge < -0.3 is 16.4 Å². The SMILES string of the molecule is NCCC1CCN(c2ccc(C(N)=O)cc2F)CC1. The zero-order valence-electron chi connectivity index (χ0n) is 10.9. The number of carbonyl (C=O) groups is 1. The first-order chi connectivity index (χ1) is 9.11. The van der Waals surface area contributed by atoms with E-state index in [4.69, 9.17) is 11.5 Å². The third-order valence-corrected chi connectivity index (χ3v) is 3.76. The average molecular weight is 265 g/mol. The van der Waals surface area contributed by atoms with Gasteiger partial charge in [-0.2, -0.15) is 0 Å². The van der Waals surface area contributed by atoms with Gasteiger partial charge in [-0.3, -0.25) is 4.79 Å². The van der Waals surface area contributed by atoms with Crippen LogP contribution in [0.15, 0.2) is 18.2 Å². The fourth-order valence-corrected chi connectivity index (χ4v) is 2.61. The lowest BCUT2D eigenvalue weighted by Gasteiger charge is -2.33. The Morgan fingerprint density at radius 2 is 2.05 bits per heavy atom. The molecule has 0 bridgehead atoms. The highest BCUT2D eigenvalue weighted by Gasteiger charge is 2.21. The van der Waals surface area contributed by atoms with Gasteiger partial charge in [0.25, 0.3) is 0 Å². The number of amides is 1. The third kappa shape index (κ3) is 3.23. The second-order valence-electron chi connectivity index (χ2n) is 5.04. The number of carbonyl (C=O) groups excluding carboxylic acids is 1. The molecule has 0 atom stereocenters. The van der Waals surface area contributed by atoms with Crippen molar-refractivity contribution in [2.24, 2.45) is 17.4 Å². The van der Waals surface area contributed by atoms with Gasteiger partial charge in [-0.25, -0.2) is 4.39 Å². The highest BCUT2D eigenvalue weighted by molar-refractivity contribution is 5.93. The van der Waals surface area contributed by atoms with Crippen LogP contribution in [-0.4, -0.2) is 25.5 Å². The van der Waals surface area contributed by atoms with E-state index in [0.717, 1.165) is 32.4 Å². The van der Waals surface area contributed by atoms with Crippen molar-refractivity contribution >= 4 is 11.6 Å². The molecule has 4 N–H and O–H groups in total. The van der Waals surface area contributed by atoms with Gasteiger partial charge in [0, 0.05) is 18.7 Å². The largest absolute Gasteiger partial charge is 0.369 e. The van der Waals surface area contributed by atoms with Gasteiger partial charge in [-0.05, 0) is 49.9 Å². The quantitative estimate of drug-likeness (QED) is 0.866. The van der Waals surface area contributed by atoms with Gasteiger partial charge in [-0.15, -0.1) is 0 Å². The standard InChI is InChI=1S/C14H20FN3O/c15-12-9-11(14(17)19)1-2-13(12)18-7-4-10(3-6-16)5-8-18/h1-2,9-10H,3-8,16H2,(H2,17,19). The van der Waals surface area contributed by atoms with Crippen LogP contribution in [0.1, 0.15) is 29.6 Å². The molecule has 1 aliphatic rings. The van der Waals surface area contributed by atoms with Crippen molar-refractivity contribution in [3.8, 4) is 0 Å². The maximum absolute atomic E-state index is 14.0. The summed E-state index contributed by atoms with van der Waals surface area (Å²) in [5, 5.41) is 0. The average Bonchev–Trinajstić information content (AvgIpc) is 2.40. The Kier molecular flexibility index (Phi) is 4.37. The summed E-state index contributed by atoms with van der Waals surface area (Å²) in [7, 11) is 0. The zero-order chi connectivity index (χ0) is 13.8. The minimum absolute atomic E-state index is 0.208. The van der Waals surface area contributed by atoms with Crippen LogP contribution in [0.2, 0.25) is 0 Å². The van der Waals surface area contributed by atoms with E-state index in [1.807, 2.05) is 4.90 Å². The highest BCUT2D eigenvalue weighted by Crippen LogP contribution is 2.27. The van der Waals surface area contributed by atoms with Gasteiger partial charge in [0.2, 0.25) is 5.91 Å². The summed E-state index contributed by atoms with van der Waals surface area (Å²) in [5.74, 6) is -0.338. The van der Waals surface area contributed by atoms with E-state index in [0.29, 0.717) is 18.2 Å². The monoisotopic (exact) mass is 265 g/mol. The molecule has 0 aromatic heterocycles. The summed E-state index contributed by atoms with van der Waals surface area (Å²) in [6.07, 6.45) is 3.11. The fourth-order valence-electron chi connectivity index (χ4n) is 2.61. The molecule has 1 aromatic carbocycles. The molecule has 0 unspecified atom stereocenters. The maximum Gasteiger partial charge on any atom is 0.248 e. The first kappa shape index (κ1) is 13.8. The van der Waals surface area contributed by atoms with Gasteiger partial charge in [0.15, 0.2) is 0 Å². The van der Waals surface area contributed by atoms with Crippen LogP contribution in [0.3, 0.4) is 0 Å². The predicted molar refractivity (Wildman–Crippen MR) is 73.5 cm³/mol. The van der Waals surface area contributed by atoms with Crippen LogP contribution in [0.25, 0.3) is 0 Å². The molecule has 0 saturated carbocycles. The van der Waals surface area contributed by atoms with Gasteiger partial charge in [0.1, 0.15) is 5.82 Å². The number of benzene rings is 1. The van der Waals surface area contributed by atoms with Crippen LogP contribution in [0.5, 0.6) is 0 Å². The Balaban J connectivity index is 2.05. The lowest BCUT2D eigenvalue weighted by Crippen LogP contribution is -2.34. The van der Waals surface area contributed by atoms with Crippen LogP contribution >= 0.6 is 0 Å². The maximum atomic E-state index is 14.0. The van der Waals surface area contributed by atoms with Crippen LogP contribution in [-0.2, 0) is 0 Å². The second kappa shape index (κ2) is 6.02. The number of anilines is 1. The molecule has 0 aliphatic carbocycles. The molecule has 1 amide bonds. The third-order valence-electron chi connectivity index (χ3n) is 3.76. The molecule has 1 aromatic rings. The minimum Gasteiger partial charge on any atom is -0.369 e. The van der Waals surface area contributed by atoms with Crippen molar-refractivity contribution in [1.29, 1.82) is 0 Å². The lowest BCUT2D eigenvalue weighted by molar-refractivity contribution is 0.1000. The molecule has 0 radical (unpaired) electrons. The Labute approximate surface area is 112 Å². The number of nitrogens with two attached hydrogens (primary N) is 2. The Hall–Kier alpha value is -1.62. The molecule has 1 heterocycles. The van der Waals surface area contributed by atoms with E-state index in [9.17, 15) is 9.18 Å². The zero-order valence-corrected chi connectivity index (χ0v) is 10.9. The normalized spacial score (nSPS) is 16.6. The summed E-state index contributed by atoms with van der Waals surface area (Å²) in [6, 6.07) is 4.43. The van der Waals surface area contributed by atoms with E-state index < -0.39 is 5.91 Å². The van der Waals surface area contributed by atoms with Crippen molar-refractivity contribution in [3.05, 3.63) is 29.6 Å². The summed E-state index contributed by atoms with van der Waals surface area (Å²) in [4.78, 5) is 13.0. The second-order valence-corrected chi connectivity index (χ2v) is 5.04. The predicted octanol–water partition coefficient (Wildman–Crippen LogP) is 1.49. The number of hydrogen-bond donors (Lipinski definition) is 2. The molecule has 1 aliphatic heterocycles. The van der Waals surface area contributed by atoms with E-state index in [1.165, 1.54) is 6.07 Å². The Morgan fingerprint density at radius 3 is 2.58 bits per heavy atom. The number of nitrogens with zero attached hydrogens (tertiary/aromatic N) is 1. The van der Waals surface area contributed by atoms with E-state index in [1.54, 1.807) is 12.1 Å². The summed E-state index contributed by atoms with van der Waals surface area (Å²) in [5.41, 5.74) is 11.4. The van der Waals surface area contributed by atoms with Crippen LogP contribution < -0.4 is 16.4 Å². The Bertz CT molecular complexity index is 456. The van der Waals surface area contributed by atoms with Crippen LogP contribution in [0.4, 0.5) is 10.1 Å². The number of rotatable bonds is 4. The molecule has 1 fully saturated rings. The van der Waals surface area contributed by atoms with E-state index in [2.05, 4.69) is 0 Å². The highest BCUT2D eigenvalue weighted by atomic mass is 19.1. The van der Waals surface area contributed by atoms with E-state index in [-0.39, 0.29) is 11.4 Å². The number of piperidine rings is 1. The van der Waals surface area contributed by atoms with Gasteiger partial charge >= 0.3 is 0 Å². The smallest absolute Gasteiger partial charge is 0.248 e. The summed E-state index contributed by atoms with van der Waals surface area (Å²) >= 11 is 0. The summed E-state index contributed by atoms with van der Waals surface area (Å²) in [6.45, 7) is 2.38. The van der Waals surface area contributed by atoms with Crippen molar-refractivity contribution < 1.29 is 9.18 Å².